The molecule has 2 atom stereocenters. The van der Waals surface area contributed by atoms with Gasteiger partial charge in [-0.25, -0.2) is 8.78 Å². The first kappa shape index (κ1) is 52.2. The van der Waals surface area contributed by atoms with E-state index in [0.29, 0.717) is 66.8 Å². The van der Waals surface area contributed by atoms with Crippen molar-refractivity contribution in [1.82, 2.24) is 40.3 Å². The molecule has 5 aromatic rings. The number of phenols is 1. The molecule has 4 heterocycles. The summed E-state index contributed by atoms with van der Waals surface area (Å²) in [5, 5.41) is 17.8. The van der Waals surface area contributed by atoms with Crippen molar-refractivity contribution in [2.75, 3.05) is 78.5 Å². The van der Waals surface area contributed by atoms with Gasteiger partial charge in [0.1, 0.15) is 41.2 Å². The van der Waals surface area contributed by atoms with E-state index in [-0.39, 0.29) is 63.3 Å². The molecular weight excluding hydrogens is 917 g/mol. The Hall–Kier alpha value is -6.12. The minimum absolute atomic E-state index is 0.00599. The number of terminal acetylenes is 1. The number of amides is 1. The van der Waals surface area contributed by atoms with Crippen LogP contribution in [0.3, 0.4) is 0 Å². The van der Waals surface area contributed by atoms with Crippen molar-refractivity contribution in [3.05, 3.63) is 82.5 Å². The van der Waals surface area contributed by atoms with E-state index in [4.69, 9.17) is 21.1 Å². The Balaban J connectivity index is 0.921. The van der Waals surface area contributed by atoms with E-state index in [0.717, 1.165) is 95.8 Å². The Kier molecular flexibility index (Phi) is 16.8. The number of likely N-dealkylation sites (N-methyl/N-ethyl adjacent to an activating group) is 3. The van der Waals surface area contributed by atoms with Gasteiger partial charge in [-0.2, -0.15) is 9.97 Å². The van der Waals surface area contributed by atoms with Gasteiger partial charge in [0.25, 0.3) is 0 Å². The molecule has 1 amide bonds. The zero-order valence-electron chi connectivity index (χ0n) is 42.4. The summed E-state index contributed by atoms with van der Waals surface area (Å²) in [7, 11) is 5.36. The molecule has 2 saturated heterocycles. The summed E-state index contributed by atoms with van der Waals surface area (Å²) in [5.74, 6) is 1.65. The number of nitrogens with zero attached hydrogens (tertiary/aromatic N) is 7. The van der Waals surface area contributed by atoms with E-state index in [1.165, 1.54) is 36.0 Å². The third-order valence-electron chi connectivity index (χ3n) is 15.6. The third-order valence-corrected chi connectivity index (χ3v) is 15.6. The van der Waals surface area contributed by atoms with Gasteiger partial charge in [0.2, 0.25) is 5.91 Å². The van der Waals surface area contributed by atoms with E-state index in [2.05, 4.69) is 55.3 Å². The summed E-state index contributed by atoms with van der Waals surface area (Å²) in [6, 6.07) is 11.9. The first-order chi connectivity index (χ1) is 34.8. The predicted molar refractivity (Wildman–Crippen MR) is 277 cm³/mol. The zero-order chi connectivity index (χ0) is 51.1. The Morgan fingerprint density at radius 3 is 2.46 bits per heavy atom. The highest BCUT2D eigenvalue weighted by atomic mass is 19.1. The van der Waals surface area contributed by atoms with Crippen molar-refractivity contribution >= 4 is 46.0 Å². The maximum absolute atomic E-state index is 17.2. The number of fused-ring (bicyclic) bond motifs is 2. The quantitative estimate of drug-likeness (QED) is 0.0464. The van der Waals surface area contributed by atoms with Crippen LogP contribution in [0.4, 0.5) is 14.6 Å². The number of ether oxygens (including phenoxy) is 1. The SMILES string of the molecule is C#Cc1c(F)ccc2cc(O)cc(-c3ncc4c(N(CC)CC(CC)NC)nc(OCC5(CN6CCC(N7CCC(c8ccc(C=O)c(CN(C)C(C=O)CCC(=O)NC)c8)CC7)CC6)CC5)nc4c3F)c12. The highest BCUT2D eigenvalue weighted by Gasteiger charge is 2.46. The van der Waals surface area contributed by atoms with Gasteiger partial charge in [0.15, 0.2) is 5.82 Å². The van der Waals surface area contributed by atoms with Gasteiger partial charge < -0.3 is 40.0 Å². The first-order valence-corrected chi connectivity index (χ1v) is 25.6. The number of nitrogens with one attached hydrogen (secondary N) is 2. The summed E-state index contributed by atoms with van der Waals surface area (Å²) in [6.07, 6.45) is 16.8. The van der Waals surface area contributed by atoms with Crippen LogP contribution in [0.2, 0.25) is 0 Å². The zero-order valence-corrected chi connectivity index (χ0v) is 42.4. The van der Waals surface area contributed by atoms with E-state index >= 15 is 8.78 Å². The number of phenolic OH excluding ortho intramolecular Hbond substituents is 1. The molecule has 3 fully saturated rings. The van der Waals surface area contributed by atoms with Crippen molar-refractivity contribution in [2.24, 2.45) is 5.41 Å². The van der Waals surface area contributed by atoms with Crippen LogP contribution in [0.1, 0.15) is 105 Å². The van der Waals surface area contributed by atoms with E-state index in [9.17, 15) is 19.5 Å². The molecular formula is C56H69F2N9O5. The largest absolute Gasteiger partial charge is 0.508 e. The first-order valence-electron chi connectivity index (χ1n) is 25.6. The smallest absolute Gasteiger partial charge is 0.319 e. The van der Waals surface area contributed by atoms with Crippen molar-refractivity contribution in [1.29, 1.82) is 0 Å². The Bertz CT molecular complexity index is 2800. The highest BCUT2D eigenvalue weighted by Crippen LogP contribution is 2.47. The van der Waals surface area contributed by atoms with Crippen molar-refractivity contribution in [3.8, 4) is 35.4 Å². The molecule has 1 aliphatic carbocycles. The number of hydrogen-bond acceptors (Lipinski definition) is 13. The number of piperidine rings is 2. The molecule has 2 unspecified atom stereocenters. The molecule has 3 N–H and O–H groups in total. The number of pyridine rings is 1. The van der Waals surface area contributed by atoms with Gasteiger partial charge in [0, 0.05) is 79.9 Å². The lowest BCUT2D eigenvalue weighted by Crippen LogP contribution is -2.48. The number of anilines is 1. The molecule has 382 valence electrons. The monoisotopic (exact) mass is 986 g/mol. The van der Waals surface area contributed by atoms with Gasteiger partial charge in [-0.05, 0) is 139 Å². The average Bonchev–Trinajstić information content (AvgIpc) is 4.17. The number of aldehydes is 2. The minimum Gasteiger partial charge on any atom is -0.508 e. The minimum atomic E-state index is -0.756. The van der Waals surface area contributed by atoms with Crippen LogP contribution < -0.4 is 20.3 Å². The summed E-state index contributed by atoms with van der Waals surface area (Å²) in [5.41, 5.74) is 2.65. The van der Waals surface area contributed by atoms with Gasteiger partial charge in [-0.1, -0.05) is 37.1 Å². The van der Waals surface area contributed by atoms with Crippen LogP contribution in [0, 0.1) is 29.4 Å². The summed E-state index contributed by atoms with van der Waals surface area (Å²) in [6.45, 7) is 11.0. The number of carbonyl (C=O) groups excluding carboxylic acids is 3. The number of benzene rings is 3. The number of likely N-dealkylation sites (tertiary alicyclic amines) is 2. The number of hydrogen-bond donors (Lipinski definition) is 3. The maximum atomic E-state index is 17.2. The Labute approximate surface area is 421 Å². The normalized spacial score (nSPS) is 17.4. The van der Waals surface area contributed by atoms with Gasteiger partial charge >= 0.3 is 6.01 Å². The summed E-state index contributed by atoms with van der Waals surface area (Å²) in [4.78, 5) is 59.2. The van der Waals surface area contributed by atoms with E-state index in [1.54, 1.807) is 7.05 Å². The highest BCUT2D eigenvalue weighted by molar-refractivity contribution is 6.03. The fourth-order valence-electron chi connectivity index (χ4n) is 10.9. The lowest BCUT2D eigenvalue weighted by molar-refractivity contribution is -0.121. The second kappa shape index (κ2) is 23.2. The molecule has 0 bridgehead atoms. The number of carbonyl (C=O) groups is 3. The lowest BCUT2D eigenvalue weighted by Gasteiger charge is -2.42. The van der Waals surface area contributed by atoms with Crippen LogP contribution in [0.5, 0.6) is 11.8 Å². The molecule has 72 heavy (non-hydrogen) atoms. The van der Waals surface area contributed by atoms with Gasteiger partial charge in [0.05, 0.1) is 23.6 Å². The maximum Gasteiger partial charge on any atom is 0.319 e. The van der Waals surface area contributed by atoms with Crippen LogP contribution in [-0.2, 0) is 16.1 Å². The van der Waals surface area contributed by atoms with E-state index in [1.807, 2.05) is 32.0 Å². The number of halogens is 2. The number of aromatic hydroxyl groups is 1. The molecule has 3 aromatic carbocycles. The van der Waals surface area contributed by atoms with Crippen LogP contribution in [0.25, 0.3) is 32.9 Å². The molecule has 8 rings (SSSR count). The van der Waals surface area contributed by atoms with Crippen molar-refractivity contribution in [3.63, 3.8) is 0 Å². The Morgan fingerprint density at radius 1 is 1.04 bits per heavy atom. The third kappa shape index (κ3) is 11.5. The standard InChI is InChI=1S/C56H69F2N9O5/c1-7-41(59-4)31-66(9-3)54-47-29-61-52(46-28-44(70)27-38-12-14-48(57)45(8-2)50(38)46)51(58)53(47)62-55(63-54)72-35-56(20-21-56)34-65-22-18-42(19-23-65)67-24-16-36(17-25-67)37-10-11-39(32-68)40(26-37)30-64(6)43(33-69)13-15-49(71)60-5/h2,10-12,14,26-29,32-33,36,41-43,59,70H,7,9,13,15-25,30-31,34-35H2,1,3-6H3,(H,60,71). The van der Waals surface area contributed by atoms with Gasteiger partial charge in [-0.3, -0.25) is 19.5 Å². The van der Waals surface area contributed by atoms with Gasteiger partial charge in [-0.15, -0.1) is 6.42 Å². The molecule has 1 saturated carbocycles. The van der Waals surface area contributed by atoms with Crippen molar-refractivity contribution in [2.45, 2.75) is 102 Å². The number of rotatable bonds is 22. The molecule has 0 radical (unpaired) electrons. The van der Waals surface area contributed by atoms with Crippen LogP contribution in [-0.4, -0.2) is 145 Å². The van der Waals surface area contributed by atoms with Crippen LogP contribution in [0.15, 0.2) is 48.7 Å². The van der Waals surface area contributed by atoms with E-state index < -0.39 is 17.7 Å². The molecule has 16 heteroatoms. The molecule has 3 aliphatic rings. The molecule has 0 spiro atoms. The second-order valence-corrected chi connectivity index (χ2v) is 20.1. The Morgan fingerprint density at radius 2 is 1.81 bits per heavy atom. The lowest BCUT2D eigenvalue weighted by atomic mass is 9.86. The summed E-state index contributed by atoms with van der Waals surface area (Å²) < 4.78 is 38.8. The fourth-order valence-corrected chi connectivity index (χ4v) is 10.9. The van der Waals surface area contributed by atoms with Crippen LogP contribution >= 0.6 is 0 Å². The predicted octanol–water partition coefficient (Wildman–Crippen LogP) is 7.48. The second-order valence-electron chi connectivity index (χ2n) is 20.1. The average molecular weight is 986 g/mol. The topological polar surface area (TPSA) is 156 Å². The molecule has 2 aliphatic heterocycles. The summed E-state index contributed by atoms with van der Waals surface area (Å²) >= 11 is 0. The molecule has 2 aromatic heterocycles. The fraction of sp³-hybridized carbons (Fsp3) is 0.500. The van der Waals surface area contributed by atoms with Crippen molar-refractivity contribution < 1.29 is 33.0 Å². The molecule has 14 nitrogen and oxygen atoms in total. The number of aromatic nitrogens is 3.